The summed E-state index contributed by atoms with van der Waals surface area (Å²) in [5.74, 6) is 0.330. The third-order valence-corrected chi connectivity index (χ3v) is 7.72. The van der Waals surface area contributed by atoms with Crippen molar-refractivity contribution in [1.29, 1.82) is 0 Å². The Morgan fingerprint density at radius 2 is 2.17 bits per heavy atom. The van der Waals surface area contributed by atoms with Crippen LogP contribution in [0.4, 0.5) is 0 Å². The van der Waals surface area contributed by atoms with E-state index in [9.17, 15) is 13.2 Å². The van der Waals surface area contributed by atoms with Crippen LogP contribution in [0.2, 0.25) is 0 Å². The molecule has 1 aromatic carbocycles. The number of nitrogens with zero attached hydrogens (tertiary/aromatic N) is 4. The van der Waals surface area contributed by atoms with E-state index >= 15 is 0 Å². The van der Waals surface area contributed by atoms with E-state index in [0.29, 0.717) is 48.4 Å². The first-order valence-electron chi connectivity index (χ1n) is 14.4. The molecule has 3 heterocycles. The highest BCUT2D eigenvalue weighted by atomic mass is 32.2. The van der Waals surface area contributed by atoms with Crippen molar-refractivity contribution in [3.05, 3.63) is 34.2 Å². The van der Waals surface area contributed by atoms with Crippen molar-refractivity contribution in [2.75, 3.05) is 26.7 Å². The quantitative estimate of drug-likeness (QED) is 0.399. The molecule has 0 spiro atoms. The maximum absolute atomic E-state index is 13.3. The average Bonchev–Trinajstić information content (AvgIpc) is 3.46. The van der Waals surface area contributed by atoms with E-state index < -0.39 is 29.1 Å². The molecule has 1 fully saturated rings. The number of H-pyrrole nitrogens is 1. The molecule has 0 saturated carbocycles. The van der Waals surface area contributed by atoms with Crippen LogP contribution in [-0.2, 0) is 23.4 Å². The minimum Gasteiger partial charge on any atom is -0.493 e. The first kappa shape index (κ1) is 21.3. The fourth-order valence-electron chi connectivity index (χ4n) is 4.45. The summed E-state index contributed by atoms with van der Waals surface area (Å²) in [7, 11) is -2.12. The molecule has 196 valence electrons. The summed E-state index contributed by atoms with van der Waals surface area (Å²) in [5.41, 5.74) is -0.183. The van der Waals surface area contributed by atoms with Crippen molar-refractivity contribution in [2.24, 2.45) is 6.98 Å². The van der Waals surface area contributed by atoms with Crippen LogP contribution in [0, 0.1) is 0 Å². The lowest BCUT2D eigenvalue weighted by Crippen LogP contribution is -2.31. The second-order valence-corrected chi connectivity index (χ2v) is 10.8. The maximum Gasteiger partial charge on any atom is 0.277 e. The molecule has 0 bridgehead atoms. The first-order chi connectivity index (χ1) is 18.9. The molecular weight excluding hydrogens is 480 g/mol. The van der Waals surface area contributed by atoms with Gasteiger partial charge in [0.05, 0.1) is 22.8 Å². The molecule has 10 nitrogen and oxygen atoms in total. The van der Waals surface area contributed by atoms with Crippen molar-refractivity contribution in [2.45, 2.75) is 63.3 Å². The highest BCUT2D eigenvalue weighted by molar-refractivity contribution is 7.89. The zero-order valence-corrected chi connectivity index (χ0v) is 21.7. The van der Waals surface area contributed by atoms with E-state index in [0.717, 1.165) is 19.4 Å². The summed E-state index contributed by atoms with van der Waals surface area (Å²) < 4.78 is 67.3. The smallest absolute Gasteiger partial charge is 0.277 e. The van der Waals surface area contributed by atoms with Gasteiger partial charge in [-0.3, -0.25) is 9.48 Å². The van der Waals surface area contributed by atoms with Gasteiger partial charge in [0.1, 0.15) is 17.1 Å². The van der Waals surface area contributed by atoms with Gasteiger partial charge in [-0.05, 0) is 63.9 Å². The molecule has 1 aliphatic rings. The van der Waals surface area contributed by atoms with Gasteiger partial charge in [-0.1, -0.05) is 20.3 Å². The van der Waals surface area contributed by atoms with Crippen molar-refractivity contribution < 1.29 is 18.6 Å². The van der Waals surface area contributed by atoms with Crippen molar-refractivity contribution in [3.8, 4) is 17.1 Å². The molecule has 1 saturated heterocycles. The Hall–Kier alpha value is -2.76. The Labute approximate surface area is 217 Å². The van der Waals surface area contributed by atoms with Crippen LogP contribution < -0.4 is 15.0 Å². The fraction of sp³-hybridized carbons (Fsp3) is 0.560. The fourth-order valence-corrected chi connectivity index (χ4v) is 5.43. The Balaban J connectivity index is 1.78. The Morgan fingerprint density at radius 1 is 1.33 bits per heavy atom. The van der Waals surface area contributed by atoms with Crippen LogP contribution in [0.1, 0.15) is 57.1 Å². The minimum absolute atomic E-state index is 0.0260. The molecule has 2 aromatic heterocycles. The van der Waals surface area contributed by atoms with Crippen molar-refractivity contribution in [1.82, 2.24) is 29.4 Å². The van der Waals surface area contributed by atoms with Gasteiger partial charge in [0.25, 0.3) is 5.56 Å². The van der Waals surface area contributed by atoms with Gasteiger partial charge >= 0.3 is 0 Å². The van der Waals surface area contributed by atoms with E-state index in [2.05, 4.69) is 24.7 Å². The molecule has 11 heteroatoms. The molecule has 2 unspecified atom stereocenters. The normalized spacial score (nSPS) is 19.6. The van der Waals surface area contributed by atoms with E-state index in [4.69, 9.17) is 10.2 Å². The lowest BCUT2D eigenvalue weighted by molar-refractivity contribution is 0.297. The summed E-state index contributed by atoms with van der Waals surface area (Å²) in [6.07, 6.45) is 4.02. The minimum atomic E-state index is -4.09. The van der Waals surface area contributed by atoms with Gasteiger partial charge in [0.2, 0.25) is 10.0 Å². The van der Waals surface area contributed by atoms with Gasteiger partial charge in [0, 0.05) is 25.0 Å². The van der Waals surface area contributed by atoms with E-state index in [1.807, 2.05) is 20.9 Å². The molecule has 0 amide bonds. The largest absolute Gasteiger partial charge is 0.493 e. The van der Waals surface area contributed by atoms with Gasteiger partial charge < -0.3 is 14.6 Å². The number of sulfonamides is 1. The predicted octanol–water partition coefficient (Wildman–Crippen LogP) is 2.83. The van der Waals surface area contributed by atoms with Crippen LogP contribution in [0.25, 0.3) is 22.4 Å². The van der Waals surface area contributed by atoms with Crippen LogP contribution in [0.3, 0.4) is 0 Å². The Bertz CT molecular complexity index is 1520. The summed E-state index contributed by atoms with van der Waals surface area (Å²) in [5, 5.41) is 4.17. The monoisotopic (exact) mass is 520 g/mol. The number of fused-ring (bicyclic) bond motifs is 1. The first-order valence-corrected chi connectivity index (χ1v) is 13.8. The molecule has 1 aliphatic heterocycles. The van der Waals surface area contributed by atoms with E-state index in [1.165, 1.54) is 18.2 Å². The zero-order valence-electron chi connectivity index (χ0n) is 24.9. The number of aromatic amines is 1. The van der Waals surface area contributed by atoms with Crippen LogP contribution >= 0.6 is 0 Å². The molecule has 36 heavy (non-hydrogen) atoms. The lowest BCUT2D eigenvalue weighted by atomic mass is 10.1. The summed E-state index contributed by atoms with van der Waals surface area (Å²) in [6, 6.07) is 4.36. The van der Waals surface area contributed by atoms with E-state index in [-0.39, 0.29) is 33.4 Å². The van der Waals surface area contributed by atoms with Crippen LogP contribution in [-0.4, -0.2) is 65.8 Å². The highest BCUT2D eigenvalue weighted by Crippen LogP contribution is 2.31. The molecule has 4 rings (SSSR count). The van der Waals surface area contributed by atoms with Gasteiger partial charge in [-0.15, -0.1) is 0 Å². The third-order valence-electron chi connectivity index (χ3n) is 6.37. The highest BCUT2D eigenvalue weighted by Gasteiger charge is 2.23. The number of nitrogens with one attached hydrogen (secondary N) is 2. The van der Waals surface area contributed by atoms with Gasteiger partial charge in [-0.25, -0.2) is 18.1 Å². The topological polar surface area (TPSA) is 122 Å². The lowest BCUT2D eigenvalue weighted by Gasteiger charge is -2.19. The van der Waals surface area contributed by atoms with Crippen LogP contribution in [0.15, 0.2) is 27.9 Å². The maximum atomic E-state index is 13.3. The van der Waals surface area contributed by atoms with Gasteiger partial charge in [-0.2, -0.15) is 5.10 Å². The second kappa shape index (κ2) is 11.1. The molecule has 2 atom stereocenters. The number of hydrogen-bond donors (Lipinski definition) is 2. The summed E-state index contributed by atoms with van der Waals surface area (Å²) in [4.78, 5) is 22.4. The SMILES string of the molecule is [2H]C(CC1CCCN1C)NS(=O)(=O)c1ccc(OCCC)c(-c2nc3c(CCC)nn(C([2H])([2H])[2H])c3c(=O)[nH]2)c1. The zero-order chi connectivity index (χ0) is 29.2. The molecular formula is C25H36N6O4S. The number of rotatable bonds is 11. The van der Waals surface area contributed by atoms with Crippen LogP contribution in [0.5, 0.6) is 5.75 Å². The number of aromatic nitrogens is 4. The summed E-state index contributed by atoms with van der Waals surface area (Å²) >= 11 is 0. The number of benzene rings is 1. The number of aryl methyl sites for hydroxylation is 2. The average molecular weight is 521 g/mol. The molecule has 0 aliphatic carbocycles. The standard InChI is InChI=1S/C25H36N6O4S/c1-5-8-20-22-23(31(4)29-20)25(32)28-24(27-22)19-16-18(10-11-21(19)35-15-6-2)36(33,34)26-13-12-17-9-7-14-30(17)3/h10-11,16-17,26H,5-9,12-15H2,1-4H3,(H,27,28,32)/i4D3,13D. The molecule has 2 N–H and O–H groups in total. The third kappa shape index (κ3) is 5.47. The molecule has 3 aromatic rings. The number of likely N-dealkylation sites (tertiary alicyclic amines) is 1. The number of hydrogen-bond acceptors (Lipinski definition) is 7. The summed E-state index contributed by atoms with van der Waals surface area (Å²) in [6.45, 7) is 1.36. The number of ether oxygens (including phenoxy) is 1. The van der Waals surface area contributed by atoms with E-state index in [1.54, 1.807) is 0 Å². The Kier molecular flexibility index (Phi) is 6.58. The molecule has 0 radical (unpaired) electrons. The van der Waals surface area contributed by atoms with Crippen molar-refractivity contribution in [3.63, 3.8) is 0 Å². The van der Waals surface area contributed by atoms with Gasteiger partial charge in [0.15, 0.2) is 5.52 Å². The predicted molar refractivity (Wildman–Crippen MR) is 140 cm³/mol. The second-order valence-electron chi connectivity index (χ2n) is 9.06. The van der Waals surface area contributed by atoms with Crippen molar-refractivity contribution >= 4 is 21.1 Å². The Morgan fingerprint density at radius 3 is 2.86 bits per heavy atom.